The van der Waals surface area contributed by atoms with Crippen LogP contribution in [0.4, 0.5) is 0 Å². The van der Waals surface area contributed by atoms with Crippen molar-refractivity contribution >= 4 is 0 Å². The molecule has 0 aliphatic rings. The Hall–Kier alpha value is -1.80. The minimum absolute atomic E-state index is 0.310. The van der Waals surface area contributed by atoms with Crippen molar-refractivity contribution in [3.63, 3.8) is 0 Å². The van der Waals surface area contributed by atoms with Crippen LogP contribution in [0, 0.1) is 0 Å². The van der Waals surface area contributed by atoms with E-state index in [2.05, 4.69) is 43.1 Å². The van der Waals surface area contributed by atoms with Gasteiger partial charge in [-0.05, 0) is 19.1 Å². The van der Waals surface area contributed by atoms with Crippen LogP contribution in [-0.2, 0) is 0 Å². The van der Waals surface area contributed by atoms with Gasteiger partial charge in [-0.3, -0.25) is 0 Å². The van der Waals surface area contributed by atoms with Crippen LogP contribution in [0.15, 0.2) is 65.8 Å². The normalized spacial score (nSPS) is 14.1. The van der Waals surface area contributed by atoms with E-state index in [0.717, 1.165) is 12.2 Å². The van der Waals surface area contributed by atoms with Crippen molar-refractivity contribution in [1.29, 1.82) is 0 Å². The second-order valence-electron chi connectivity index (χ2n) is 4.54. The molecule has 1 heterocycles. The molecule has 0 aliphatic carbocycles. The van der Waals surface area contributed by atoms with E-state index in [1.54, 1.807) is 6.26 Å². The maximum absolute atomic E-state index is 5.45. The molecule has 0 fully saturated rings. The molecule has 1 aromatic heterocycles. The fourth-order valence-corrected chi connectivity index (χ4v) is 2.20. The highest BCUT2D eigenvalue weighted by Gasteiger charge is 2.19. The molecule has 0 spiro atoms. The molecule has 2 aromatic rings. The number of furan rings is 1. The highest BCUT2D eigenvalue weighted by molar-refractivity contribution is 5.17. The topological polar surface area (TPSA) is 29.8 Å². The molecule has 2 N–H and O–H groups in total. The summed E-state index contributed by atoms with van der Waals surface area (Å²) in [4.78, 5) is 0. The van der Waals surface area contributed by atoms with E-state index in [-0.39, 0.29) is 0 Å². The van der Waals surface area contributed by atoms with Crippen molar-refractivity contribution in [2.45, 2.75) is 25.4 Å². The van der Waals surface area contributed by atoms with Crippen molar-refractivity contribution < 1.29 is 9.73 Å². The molecular formula is C16H20NO+. The first kappa shape index (κ1) is 12.7. The van der Waals surface area contributed by atoms with Gasteiger partial charge in [0.2, 0.25) is 0 Å². The maximum atomic E-state index is 5.45. The number of quaternary nitrogens is 1. The Labute approximate surface area is 108 Å². The monoisotopic (exact) mass is 242 g/mol. The Morgan fingerprint density at radius 1 is 1.22 bits per heavy atom. The van der Waals surface area contributed by atoms with Crippen molar-refractivity contribution in [2.24, 2.45) is 0 Å². The molecule has 0 saturated heterocycles. The van der Waals surface area contributed by atoms with Crippen LogP contribution < -0.4 is 5.32 Å². The van der Waals surface area contributed by atoms with Gasteiger partial charge in [-0.1, -0.05) is 36.4 Å². The lowest BCUT2D eigenvalue weighted by Crippen LogP contribution is -2.85. The van der Waals surface area contributed by atoms with Gasteiger partial charge < -0.3 is 9.73 Å². The lowest BCUT2D eigenvalue weighted by molar-refractivity contribution is -0.732. The molecule has 18 heavy (non-hydrogen) atoms. The highest BCUT2D eigenvalue weighted by Crippen LogP contribution is 2.16. The minimum Gasteiger partial charge on any atom is -0.463 e. The second kappa shape index (κ2) is 6.22. The van der Waals surface area contributed by atoms with Gasteiger partial charge in [0.1, 0.15) is 12.1 Å². The SMILES string of the molecule is C=CC[C@H]([NH2+][C@H](C)c1ccco1)c1ccccc1. The van der Waals surface area contributed by atoms with Gasteiger partial charge in [0.25, 0.3) is 0 Å². The van der Waals surface area contributed by atoms with Gasteiger partial charge >= 0.3 is 0 Å². The number of rotatable bonds is 6. The lowest BCUT2D eigenvalue weighted by Gasteiger charge is -2.18. The predicted molar refractivity (Wildman–Crippen MR) is 73.0 cm³/mol. The van der Waals surface area contributed by atoms with Crippen LogP contribution in [0.5, 0.6) is 0 Å². The Balaban J connectivity index is 2.09. The zero-order chi connectivity index (χ0) is 12.8. The van der Waals surface area contributed by atoms with Crippen LogP contribution in [-0.4, -0.2) is 0 Å². The smallest absolute Gasteiger partial charge is 0.160 e. The molecular weight excluding hydrogens is 222 g/mol. The summed E-state index contributed by atoms with van der Waals surface area (Å²) in [5.74, 6) is 1.01. The lowest BCUT2D eigenvalue weighted by atomic mass is 10.0. The largest absolute Gasteiger partial charge is 0.463 e. The molecule has 0 amide bonds. The molecule has 0 bridgehead atoms. The summed E-state index contributed by atoms with van der Waals surface area (Å²) in [6.45, 7) is 6.02. The van der Waals surface area contributed by atoms with Gasteiger partial charge in [-0.2, -0.15) is 0 Å². The summed E-state index contributed by atoms with van der Waals surface area (Å²) in [6, 6.07) is 15.2. The second-order valence-corrected chi connectivity index (χ2v) is 4.54. The van der Waals surface area contributed by atoms with E-state index in [1.165, 1.54) is 5.56 Å². The van der Waals surface area contributed by atoms with Crippen LogP contribution in [0.3, 0.4) is 0 Å². The standard InChI is InChI=1S/C16H19NO/c1-3-8-15(14-9-5-4-6-10-14)17-13(2)16-11-7-12-18-16/h3-7,9-13,15,17H,1,8H2,2H3/p+1/t13-,15+/m1/s1. The van der Waals surface area contributed by atoms with Gasteiger partial charge in [0.15, 0.2) is 5.76 Å². The van der Waals surface area contributed by atoms with Crippen LogP contribution in [0.2, 0.25) is 0 Å². The fourth-order valence-electron chi connectivity index (χ4n) is 2.20. The molecule has 0 radical (unpaired) electrons. The molecule has 0 unspecified atom stereocenters. The zero-order valence-corrected chi connectivity index (χ0v) is 10.8. The Morgan fingerprint density at radius 2 is 2.00 bits per heavy atom. The molecule has 2 rings (SSSR count). The van der Waals surface area contributed by atoms with E-state index in [4.69, 9.17) is 4.42 Å². The molecule has 0 saturated carbocycles. The number of benzene rings is 1. The van der Waals surface area contributed by atoms with Crippen LogP contribution >= 0.6 is 0 Å². The van der Waals surface area contributed by atoms with Gasteiger partial charge in [-0.25, -0.2) is 0 Å². The fraction of sp³-hybridized carbons (Fsp3) is 0.250. The first-order valence-electron chi connectivity index (χ1n) is 6.35. The van der Waals surface area contributed by atoms with Gasteiger partial charge in [0.05, 0.1) is 6.26 Å². The van der Waals surface area contributed by atoms with E-state index in [1.807, 2.05) is 24.3 Å². The Kier molecular flexibility index (Phi) is 4.37. The van der Waals surface area contributed by atoms with E-state index in [0.29, 0.717) is 12.1 Å². The molecule has 1 aromatic carbocycles. The third-order valence-corrected chi connectivity index (χ3v) is 3.16. The predicted octanol–water partition coefficient (Wildman–Crippen LogP) is 3.22. The van der Waals surface area contributed by atoms with Crippen molar-refractivity contribution in [3.05, 3.63) is 72.7 Å². The maximum Gasteiger partial charge on any atom is 0.160 e. The molecule has 94 valence electrons. The number of hydrogen-bond acceptors (Lipinski definition) is 1. The molecule has 2 nitrogen and oxygen atoms in total. The van der Waals surface area contributed by atoms with E-state index >= 15 is 0 Å². The Morgan fingerprint density at radius 3 is 2.61 bits per heavy atom. The Bertz CT molecular complexity index is 461. The van der Waals surface area contributed by atoms with Crippen LogP contribution in [0.1, 0.15) is 36.8 Å². The minimum atomic E-state index is 0.310. The number of nitrogens with two attached hydrogens (primary N) is 1. The molecule has 2 heteroatoms. The summed E-state index contributed by atoms with van der Waals surface area (Å²) < 4.78 is 5.45. The first-order chi connectivity index (χ1) is 8.81. The van der Waals surface area contributed by atoms with Crippen molar-refractivity contribution in [2.75, 3.05) is 0 Å². The zero-order valence-electron chi connectivity index (χ0n) is 10.8. The first-order valence-corrected chi connectivity index (χ1v) is 6.35. The summed E-state index contributed by atoms with van der Waals surface area (Å²) in [6.07, 6.45) is 4.66. The van der Waals surface area contributed by atoms with Crippen LogP contribution in [0.25, 0.3) is 0 Å². The third kappa shape index (κ3) is 3.11. The highest BCUT2D eigenvalue weighted by atomic mass is 16.3. The summed E-state index contributed by atoms with van der Waals surface area (Å²) in [5.41, 5.74) is 1.33. The summed E-state index contributed by atoms with van der Waals surface area (Å²) >= 11 is 0. The summed E-state index contributed by atoms with van der Waals surface area (Å²) in [5, 5.41) is 2.33. The molecule has 0 aliphatic heterocycles. The van der Waals surface area contributed by atoms with E-state index < -0.39 is 0 Å². The summed E-state index contributed by atoms with van der Waals surface area (Å²) in [7, 11) is 0. The van der Waals surface area contributed by atoms with Crippen molar-refractivity contribution in [1.82, 2.24) is 0 Å². The third-order valence-electron chi connectivity index (χ3n) is 3.16. The van der Waals surface area contributed by atoms with Gasteiger partial charge in [0, 0.05) is 12.0 Å². The number of hydrogen-bond donors (Lipinski definition) is 1. The average molecular weight is 242 g/mol. The average Bonchev–Trinajstić information content (AvgIpc) is 2.93. The van der Waals surface area contributed by atoms with E-state index in [9.17, 15) is 0 Å². The van der Waals surface area contributed by atoms with Gasteiger partial charge in [-0.15, -0.1) is 6.58 Å². The quantitative estimate of drug-likeness (QED) is 0.774. The van der Waals surface area contributed by atoms with Crippen molar-refractivity contribution in [3.8, 4) is 0 Å². The molecule has 2 atom stereocenters.